The highest BCUT2D eigenvalue weighted by molar-refractivity contribution is 7.99. The first-order valence-corrected chi connectivity index (χ1v) is 12.2. The monoisotopic (exact) mass is 467 g/mol. The van der Waals surface area contributed by atoms with E-state index in [0.717, 1.165) is 33.7 Å². The Bertz CT molecular complexity index is 1340. The first-order chi connectivity index (χ1) is 15.4. The molecule has 4 aromatic rings. The number of benzene rings is 1. The molecule has 3 aromatic heterocycles. The molecule has 1 amide bonds. The minimum atomic E-state index is -0.128. The highest BCUT2D eigenvalue weighted by Gasteiger charge is 2.19. The Morgan fingerprint density at radius 1 is 1.22 bits per heavy atom. The van der Waals surface area contributed by atoms with Gasteiger partial charge >= 0.3 is 0 Å². The zero-order valence-electron chi connectivity index (χ0n) is 18.5. The molecule has 0 spiro atoms. The number of carbonyl (C=O) groups is 1. The minimum Gasteiger partial charge on any atom is -0.467 e. The van der Waals surface area contributed by atoms with Gasteiger partial charge in [-0.15, -0.1) is 11.3 Å². The third-order valence-electron chi connectivity index (χ3n) is 5.48. The molecule has 0 aliphatic rings. The highest BCUT2D eigenvalue weighted by Crippen LogP contribution is 2.29. The van der Waals surface area contributed by atoms with Crippen LogP contribution in [0.15, 0.2) is 51.0 Å². The van der Waals surface area contributed by atoms with Gasteiger partial charge in [0.25, 0.3) is 5.56 Å². The second kappa shape index (κ2) is 9.34. The van der Waals surface area contributed by atoms with Gasteiger partial charge in [-0.3, -0.25) is 14.2 Å². The van der Waals surface area contributed by atoms with Gasteiger partial charge in [-0.2, -0.15) is 0 Å². The fourth-order valence-electron chi connectivity index (χ4n) is 3.62. The first kappa shape index (κ1) is 22.4. The van der Waals surface area contributed by atoms with Crippen LogP contribution in [0.5, 0.6) is 0 Å². The van der Waals surface area contributed by atoms with Crippen LogP contribution >= 0.6 is 23.1 Å². The van der Waals surface area contributed by atoms with Crippen LogP contribution < -0.4 is 10.9 Å². The predicted octanol–water partition coefficient (Wildman–Crippen LogP) is 5.32. The molecule has 6 nitrogen and oxygen atoms in total. The smallest absolute Gasteiger partial charge is 0.263 e. The van der Waals surface area contributed by atoms with Gasteiger partial charge in [0.1, 0.15) is 10.6 Å². The summed E-state index contributed by atoms with van der Waals surface area (Å²) < 4.78 is 7.07. The Kier molecular flexibility index (Phi) is 6.53. The van der Waals surface area contributed by atoms with Crippen LogP contribution in [0.2, 0.25) is 0 Å². The molecule has 0 bridgehead atoms. The maximum absolute atomic E-state index is 13.3. The molecule has 166 valence electrons. The molecule has 0 aliphatic heterocycles. The number of furan rings is 1. The van der Waals surface area contributed by atoms with Crippen molar-refractivity contribution in [2.24, 2.45) is 0 Å². The minimum absolute atomic E-state index is 0.108. The maximum Gasteiger partial charge on any atom is 0.263 e. The highest BCUT2D eigenvalue weighted by atomic mass is 32.2. The van der Waals surface area contributed by atoms with Gasteiger partial charge in [-0.05, 0) is 56.0 Å². The summed E-state index contributed by atoms with van der Waals surface area (Å²) in [6.07, 6.45) is 2.42. The van der Waals surface area contributed by atoms with Crippen molar-refractivity contribution in [2.75, 3.05) is 11.1 Å². The van der Waals surface area contributed by atoms with Gasteiger partial charge in [-0.25, -0.2) is 4.98 Å². The number of para-hydroxylation sites is 1. The number of hydrogen-bond donors (Lipinski definition) is 1. The Morgan fingerprint density at radius 2 is 2.03 bits per heavy atom. The van der Waals surface area contributed by atoms with E-state index in [1.807, 2.05) is 45.0 Å². The van der Waals surface area contributed by atoms with Crippen molar-refractivity contribution < 1.29 is 9.21 Å². The number of thioether (sulfide) groups is 1. The molecule has 8 heteroatoms. The molecule has 32 heavy (non-hydrogen) atoms. The summed E-state index contributed by atoms with van der Waals surface area (Å²) in [5.41, 5.74) is 3.84. The molecule has 0 aliphatic carbocycles. The van der Waals surface area contributed by atoms with Crippen molar-refractivity contribution in [3.05, 3.63) is 74.3 Å². The number of aromatic nitrogens is 2. The van der Waals surface area contributed by atoms with E-state index in [9.17, 15) is 9.59 Å². The molecule has 0 radical (unpaired) electrons. The molecule has 4 rings (SSSR count). The normalized spacial score (nSPS) is 11.2. The van der Waals surface area contributed by atoms with Crippen LogP contribution in [-0.4, -0.2) is 21.2 Å². The number of amides is 1. The number of hydrogen-bond acceptors (Lipinski definition) is 6. The van der Waals surface area contributed by atoms with Gasteiger partial charge < -0.3 is 9.73 Å². The number of fused-ring (bicyclic) bond motifs is 1. The van der Waals surface area contributed by atoms with E-state index in [2.05, 4.69) is 12.2 Å². The number of anilines is 1. The van der Waals surface area contributed by atoms with E-state index in [1.54, 1.807) is 16.9 Å². The standard InChI is InChI=1S/C24H25N3O3S2/c1-5-17-9-6-8-14(2)21(17)25-19(28)13-31-24-26-22-20(15(3)16(4)32-22)23(29)27(24)12-18-10-7-11-30-18/h6-11H,5,12-13H2,1-4H3,(H,25,28). The summed E-state index contributed by atoms with van der Waals surface area (Å²) in [6.45, 7) is 8.26. The third kappa shape index (κ3) is 4.38. The largest absolute Gasteiger partial charge is 0.467 e. The zero-order valence-corrected chi connectivity index (χ0v) is 20.2. The average Bonchev–Trinajstić information content (AvgIpc) is 3.38. The number of carbonyl (C=O) groups excluding carboxylic acids is 1. The molecule has 1 N–H and O–H groups in total. The molecule has 1 aromatic carbocycles. The second-order valence-corrected chi connectivity index (χ2v) is 9.77. The molecule has 3 heterocycles. The van der Waals surface area contributed by atoms with Crippen molar-refractivity contribution in [3.63, 3.8) is 0 Å². The lowest BCUT2D eigenvalue weighted by molar-refractivity contribution is -0.113. The summed E-state index contributed by atoms with van der Waals surface area (Å²) in [4.78, 5) is 32.7. The Morgan fingerprint density at radius 3 is 2.75 bits per heavy atom. The SMILES string of the molecule is CCc1cccc(C)c1NC(=O)CSc1nc2sc(C)c(C)c2c(=O)n1Cc1ccco1. The fourth-order valence-corrected chi connectivity index (χ4v) is 5.49. The van der Waals surface area contributed by atoms with Crippen molar-refractivity contribution in [3.8, 4) is 0 Å². The molecule has 0 atom stereocenters. The predicted molar refractivity (Wildman–Crippen MR) is 131 cm³/mol. The molecular weight excluding hydrogens is 442 g/mol. The van der Waals surface area contributed by atoms with Crippen molar-refractivity contribution in [1.82, 2.24) is 9.55 Å². The summed E-state index contributed by atoms with van der Waals surface area (Å²) in [5, 5.41) is 4.19. The number of aryl methyl sites for hydroxylation is 4. The van der Waals surface area contributed by atoms with Gasteiger partial charge in [0, 0.05) is 10.6 Å². The number of nitrogens with one attached hydrogen (secondary N) is 1. The second-order valence-electron chi connectivity index (χ2n) is 7.63. The summed E-state index contributed by atoms with van der Waals surface area (Å²) in [6, 6.07) is 9.62. The van der Waals surface area contributed by atoms with Crippen LogP contribution in [0.1, 0.15) is 34.3 Å². The Hall–Kier alpha value is -2.84. The molecule has 0 saturated carbocycles. The van der Waals surface area contributed by atoms with E-state index in [-0.39, 0.29) is 23.8 Å². The number of nitrogens with zero attached hydrogens (tertiary/aromatic N) is 2. The van der Waals surface area contributed by atoms with Crippen LogP contribution in [-0.2, 0) is 17.8 Å². The van der Waals surface area contributed by atoms with Crippen molar-refractivity contribution in [1.29, 1.82) is 0 Å². The van der Waals surface area contributed by atoms with Crippen LogP contribution in [0.25, 0.3) is 10.2 Å². The van der Waals surface area contributed by atoms with E-state index in [4.69, 9.17) is 9.40 Å². The topological polar surface area (TPSA) is 77.1 Å². The van der Waals surface area contributed by atoms with Crippen molar-refractivity contribution >= 4 is 44.9 Å². The van der Waals surface area contributed by atoms with E-state index >= 15 is 0 Å². The van der Waals surface area contributed by atoms with Gasteiger partial charge in [0.2, 0.25) is 5.91 Å². The average molecular weight is 468 g/mol. The maximum atomic E-state index is 13.3. The summed E-state index contributed by atoms with van der Waals surface area (Å²) in [5.74, 6) is 0.685. The number of rotatable bonds is 7. The van der Waals surface area contributed by atoms with Gasteiger partial charge in [0.05, 0.1) is 23.9 Å². The fraction of sp³-hybridized carbons (Fsp3) is 0.292. The van der Waals surface area contributed by atoms with Crippen molar-refractivity contribution in [2.45, 2.75) is 45.8 Å². The van der Waals surface area contributed by atoms with Gasteiger partial charge in [-0.1, -0.05) is 36.9 Å². The summed E-state index contributed by atoms with van der Waals surface area (Å²) in [7, 11) is 0. The quantitative estimate of drug-likeness (QED) is 0.294. The first-order valence-electron chi connectivity index (χ1n) is 10.4. The molecule has 0 fully saturated rings. The number of thiophene rings is 1. The van der Waals surface area contributed by atoms with E-state index in [1.165, 1.54) is 23.1 Å². The van der Waals surface area contributed by atoms with E-state index < -0.39 is 0 Å². The lowest BCUT2D eigenvalue weighted by Gasteiger charge is -2.14. The Labute approximate surface area is 194 Å². The lowest BCUT2D eigenvalue weighted by atomic mass is 10.1. The van der Waals surface area contributed by atoms with Crippen LogP contribution in [0.3, 0.4) is 0 Å². The summed E-state index contributed by atoms with van der Waals surface area (Å²) >= 11 is 2.77. The molecular formula is C24H25N3O3S2. The van der Waals surface area contributed by atoms with Gasteiger partial charge in [0.15, 0.2) is 5.16 Å². The third-order valence-corrected chi connectivity index (χ3v) is 7.56. The van der Waals surface area contributed by atoms with Crippen LogP contribution in [0.4, 0.5) is 5.69 Å². The Balaban J connectivity index is 1.63. The zero-order chi connectivity index (χ0) is 22.8. The molecule has 0 saturated heterocycles. The van der Waals surface area contributed by atoms with E-state index in [0.29, 0.717) is 21.1 Å². The lowest BCUT2D eigenvalue weighted by Crippen LogP contribution is -2.24. The molecule has 0 unspecified atom stereocenters. The van der Waals surface area contributed by atoms with Crippen LogP contribution in [0, 0.1) is 20.8 Å².